The van der Waals surface area contributed by atoms with Crippen LogP contribution in [-0.4, -0.2) is 30.9 Å². The molecule has 0 bridgehead atoms. The Kier molecular flexibility index (Phi) is 5.34. The van der Waals surface area contributed by atoms with Crippen LogP contribution in [0.25, 0.3) is 6.08 Å². The van der Waals surface area contributed by atoms with E-state index in [0.29, 0.717) is 22.0 Å². The zero-order chi connectivity index (χ0) is 18.5. The van der Waals surface area contributed by atoms with Crippen molar-refractivity contribution in [2.75, 3.05) is 23.4 Å². The highest BCUT2D eigenvalue weighted by Crippen LogP contribution is 2.28. The van der Waals surface area contributed by atoms with Crippen LogP contribution in [0.15, 0.2) is 54.6 Å². The SMILES string of the molecule is O=C1CN(C(=O)COC(=O)/C=C/c2ccccc2Cl)c2ccccc2N1. The van der Waals surface area contributed by atoms with E-state index in [1.54, 1.807) is 48.5 Å². The van der Waals surface area contributed by atoms with E-state index in [1.165, 1.54) is 17.1 Å². The van der Waals surface area contributed by atoms with Crippen molar-refractivity contribution in [3.63, 3.8) is 0 Å². The molecule has 26 heavy (non-hydrogen) atoms. The maximum Gasteiger partial charge on any atom is 0.331 e. The maximum absolute atomic E-state index is 12.4. The molecule has 2 aromatic rings. The molecule has 0 saturated carbocycles. The van der Waals surface area contributed by atoms with Crippen LogP contribution >= 0.6 is 11.6 Å². The number of fused-ring (bicyclic) bond motifs is 1. The van der Waals surface area contributed by atoms with E-state index in [4.69, 9.17) is 16.3 Å². The lowest BCUT2D eigenvalue weighted by Gasteiger charge is -2.28. The Hall–Kier alpha value is -3.12. The highest BCUT2D eigenvalue weighted by molar-refractivity contribution is 6.32. The van der Waals surface area contributed by atoms with Crippen LogP contribution in [0.5, 0.6) is 0 Å². The van der Waals surface area contributed by atoms with Gasteiger partial charge in [-0.2, -0.15) is 0 Å². The molecule has 2 amide bonds. The molecular formula is C19H15ClN2O4. The Morgan fingerprint density at radius 2 is 1.88 bits per heavy atom. The number of halogens is 1. The van der Waals surface area contributed by atoms with Gasteiger partial charge in [-0.15, -0.1) is 0 Å². The molecule has 1 aliphatic rings. The highest BCUT2D eigenvalue weighted by Gasteiger charge is 2.26. The fourth-order valence-electron chi connectivity index (χ4n) is 2.48. The smallest absolute Gasteiger partial charge is 0.331 e. The summed E-state index contributed by atoms with van der Waals surface area (Å²) in [4.78, 5) is 37.2. The second-order valence-corrected chi connectivity index (χ2v) is 5.91. The molecule has 0 saturated heterocycles. The number of amides is 2. The van der Waals surface area contributed by atoms with E-state index >= 15 is 0 Å². The van der Waals surface area contributed by atoms with Crippen molar-refractivity contribution >= 4 is 46.8 Å². The Morgan fingerprint density at radius 3 is 2.69 bits per heavy atom. The van der Waals surface area contributed by atoms with Gasteiger partial charge in [0.1, 0.15) is 6.54 Å². The number of carbonyl (C=O) groups excluding carboxylic acids is 3. The van der Waals surface area contributed by atoms with Crippen LogP contribution in [0, 0.1) is 0 Å². The van der Waals surface area contributed by atoms with Gasteiger partial charge in [-0.05, 0) is 29.8 Å². The van der Waals surface area contributed by atoms with E-state index in [1.807, 2.05) is 0 Å². The predicted octanol–water partition coefficient (Wildman–Crippen LogP) is 2.88. The van der Waals surface area contributed by atoms with E-state index in [-0.39, 0.29) is 12.5 Å². The van der Waals surface area contributed by atoms with Gasteiger partial charge in [0, 0.05) is 11.1 Å². The molecule has 132 valence electrons. The number of carbonyl (C=O) groups is 3. The number of benzene rings is 2. The number of anilines is 2. The number of esters is 1. The van der Waals surface area contributed by atoms with Crippen LogP contribution in [0.3, 0.4) is 0 Å². The Labute approximate surface area is 155 Å². The molecule has 3 rings (SSSR count). The molecule has 1 heterocycles. The number of para-hydroxylation sites is 2. The standard InChI is InChI=1S/C19H15ClN2O4/c20-14-6-2-1-5-13(14)9-10-19(25)26-12-18(24)22-11-17(23)21-15-7-3-4-8-16(15)22/h1-10H,11-12H2,(H,21,23)/b10-9+. The maximum atomic E-state index is 12.4. The summed E-state index contributed by atoms with van der Waals surface area (Å²) >= 11 is 6.00. The van der Waals surface area contributed by atoms with Crippen LogP contribution in [0.4, 0.5) is 11.4 Å². The number of hydrogen-bond acceptors (Lipinski definition) is 4. The van der Waals surface area contributed by atoms with Gasteiger partial charge in [0.15, 0.2) is 6.61 Å². The quantitative estimate of drug-likeness (QED) is 0.663. The van der Waals surface area contributed by atoms with Crippen LogP contribution in [-0.2, 0) is 19.1 Å². The van der Waals surface area contributed by atoms with Crippen molar-refractivity contribution in [3.05, 3.63) is 65.2 Å². The van der Waals surface area contributed by atoms with Crippen molar-refractivity contribution < 1.29 is 19.1 Å². The summed E-state index contributed by atoms with van der Waals surface area (Å²) in [5, 5.41) is 3.19. The number of rotatable bonds is 4. The van der Waals surface area contributed by atoms with E-state index < -0.39 is 18.5 Å². The zero-order valence-corrected chi connectivity index (χ0v) is 14.4. The average molecular weight is 371 g/mol. The van der Waals surface area contributed by atoms with Gasteiger partial charge in [0.05, 0.1) is 11.4 Å². The minimum absolute atomic E-state index is 0.122. The molecular weight excluding hydrogens is 356 g/mol. The number of hydrogen-bond donors (Lipinski definition) is 1. The molecule has 6 nitrogen and oxygen atoms in total. The summed E-state index contributed by atoms with van der Waals surface area (Å²) < 4.78 is 4.98. The molecule has 1 aliphatic heterocycles. The molecule has 0 aromatic heterocycles. The van der Waals surface area contributed by atoms with Crippen molar-refractivity contribution in [1.82, 2.24) is 0 Å². The second-order valence-electron chi connectivity index (χ2n) is 5.51. The summed E-state index contributed by atoms with van der Waals surface area (Å²) in [5.41, 5.74) is 1.78. The van der Waals surface area contributed by atoms with Gasteiger partial charge >= 0.3 is 5.97 Å². The van der Waals surface area contributed by atoms with Crippen LogP contribution in [0.1, 0.15) is 5.56 Å². The second kappa shape index (κ2) is 7.84. The van der Waals surface area contributed by atoms with Gasteiger partial charge in [-0.1, -0.05) is 41.9 Å². The molecule has 0 radical (unpaired) electrons. The van der Waals surface area contributed by atoms with Crippen molar-refractivity contribution in [2.24, 2.45) is 0 Å². The summed E-state index contributed by atoms with van der Waals surface area (Å²) in [6.07, 6.45) is 2.71. The third-order valence-corrected chi connectivity index (χ3v) is 4.06. The molecule has 0 fully saturated rings. The lowest BCUT2D eigenvalue weighted by Crippen LogP contribution is -2.43. The van der Waals surface area contributed by atoms with Gasteiger partial charge in [0.25, 0.3) is 5.91 Å². The molecule has 7 heteroatoms. The monoisotopic (exact) mass is 370 g/mol. The fourth-order valence-corrected chi connectivity index (χ4v) is 2.68. The number of nitrogens with zero attached hydrogens (tertiary/aromatic N) is 1. The van der Waals surface area contributed by atoms with Gasteiger partial charge in [-0.25, -0.2) is 4.79 Å². The molecule has 0 atom stereocenters. The molecule has 1 N–H and O–H groups in total. The van der Waals surface area contributed by atoms with Crippen molar-refractivity contribution in [2.45, 2.75) is 0 Å². The molecule has 0 spiro atoms. The lowest BCUT2D eigenvalue weighted by molar-refractivity contribution is -0.143. The molecule has 2 aromatic carbocycles. The first-order chi connectivity index (χ1) is 12.5. The fraction of sp³-hybridized carbons (Fsp3) is 0.105. The topological polar surface area (TPSA) is 75.7 Å². The molecule has 0 aliphatic carbocycles. The summed E-state index contributed by atoms with van der Waals surface area (Å²) in [6.45, 7) is -0.587. The van der Waals surface area contributed by atoms with Crippen molar-refractivity contribution in [3.8, 4) is 0 Å². The Balaban J connectivity index is 1.61. The van der Waals surface area contributed by atoms with Gasteiger partial charge in [0.2, 0.25) is 5.91 Å². The first kappa shape index (κ1) is 17.7. The van der Waals surface area contributed by atoms with Gasteiger partial charge in [-0.3, -0.25) is 14.5 Å². The normalized spacial score (nSPS) is 13.3. The highest BCUT2D eigenvalue weighted by atomic mass is 35.5. The average Bonchev–Trinajstić information content (AvgIpc) is 2.64. The van der Waals surface area contributed by atoms with Gasteiger partial charge < -0.3 is 10.1 Å². The summed E-state index contributed by atoms with van der Waals surface area (Å²) in [5.74, 6) is -1.46. The van der Waals surface area contributed by atoms with E-state index in [9.17, 15) is 14.4 Å². The van der Waals surface area contributed by atoms with Crippen molar-refractivity contribution in [1.29, 1.82) is 0 Å². The molecule has 0 unspecified atom stereocenters. The predicted molar refractivity (Wildman–Crippen MR) is 98.9 cm³/mol. The van der Waals surface area contributed by atoms with Crippen LogP contribution < -0.4 is 10.2 Å². The Morgan fingerprint density at radius 1 is 1.15 bits per heavy atom. The first-order valence-electron chi connectivity index (χ1n) is 7.83. The number of nitrogens with one attached hydrogen (secondary N) is 1. The lowest BCUT2D eigenvalue weighted by atomic mass is 10.2. The third-order valence-electron chi connectivity index (χ3n) is 3.71. The summed E-state index contributed by atoms with van der Waals surface area (Å²) in [7, 11) is 0. The Bertz CT molecular complexity index is 895. The number of ether oxygens (including phenoxy) is 1. The third kappa shape index (κ3) is 4.10. The first-order valence-corrected chi connectivity index (χ1v) is 8.21. The van der Waals surface area contributed by atoms with E-state index in [0.717, 1.165) is 0 Å². The zero-order valence-electron chi connectivity index (χ0n) is 13.6. The minimum Gasteiger partial charge on any atom is -0.452 e. The van der Waals surface area contributed by atoms with E-state index in [2.05, 4.69) is 5.32 Å². The summed E-state index contributed by atoms with van der Waals surface area (Å²) in [6, 6.07) is 14.0. The van der Waals surface area contributed by atoms with Crippen LogP contribution in [0.2, 0.25) is 5.02 Å². The largest absolute Gasteiger partial charge is 0.452 e. The minimum atomic E-state index is -0.673.